The highest BCUT2D eigenvalue weighted by Gasteiger charge is 2.12. The number of nitrogens with zero attached hydrogens (tertiary/aromatic N) is 2. The first-order chi connectivity index (χ1) is 15.6. The lowest BCUT2D eigenvalue weighted by molar-refractivity contribution is 0.0526. The smallest absolute Gasteiger partial charge is 0.338 e. The summed E-state index contributed by atoms with van der Waals surface area (Å²) >= 11 is 4.84. The summed E-state index contributed by atoms with van der Waals surface area (Å²) in [5.41, 5.74) is 3.54. The van der Waals surface area contributed by atoms with E-state index in [9.17, 15) is 10.1 Å². The van der Waals surface area contributed by atoms with Crippen LogP contribution in [0.4, 0.5) is 0 Å². The van der Waals surface area contributed by atoms with Crippen molar-refractivity contribution in [3.05, 3.63) is 86.8 Å². The monoisotopic (exact) mass is 504 g/mol. The molecule has 0 atom stereocenters. The van der Waals surface area contributed by atoms with Crippen LogP contribution < -0.4 is 0 Å². The summed E-state index contributed by atoms with van der Waals surface area (Å²) in [4.78, 5) is 16.4. The van der Waals surface area contributed by atoms with Gasteiger partial charge in [-0.3, -0.25) is 0 Å². The molecule has 0 amide bonds. The number of carbonyl (C=O) groups is 1. The minimum Gasteiger partial charge on any atom is -0.462 e. The molecule has 0 unspecified atom stereocenters. The Balaban J connectivity index is 1.55. The van der Waals surface area contributed by atoms with Crippen molar-refractivity contribution in [1.82, 2.24) is 4.98 Å². The molecule has 2 aromatic carbocycles. The van der Waals surface area contributed by atoms with Crippen LogP contribution in [0.5, 0.6) is 0 Å². The molecule has 4 rings (SSSR count). The van der Waals surface area contributed by atoms with Gasteiger partial charge in [0.1, 0.15) is 22.6 Å². The van der Waals surface area contributed by atoms with Crippen molar-refractivity contribution < 1.29 is 13.9 Å². The summed E-state index contributed by atoms with van der Waals surface area (Å²) < 4.78 is 11.9. The van der Waals surface area contributed by atoms with E-state index in [1.54, 1.807) is 43.3 Å². The zero-order valence-corrected chi connectivity index (χ0v) is 19.4. The van der Waals surface area contributed by atoms with E-state index in [1.165, 1.54) is 11.3 Å². The molecule has 0 saturated carbocycles. The van der Waals surface area contributed by atoms with Gasteiger partial charge < -0.3 is 9.15 Å². The Morgan fingerprint density at radius 3 is 2.53 bits per heavy atom. The van der Waals surface area contributed by atoms with E-state index >= 15 is 0 Å². The number of aromatic nitrogens is 1. The third-order valence-corrected chi connectivity index (χ3v) is 5.99. The van der Waals surface area contributed by atoms with Gasteiger partial charge in [0.2, 0.25) is 0 Å². The van der Waals surface area contributed by atoms with Crippen molar-refractivity contribution in [2.45, 2.75) is 6.92 Å². The van der Waals surface area contributed by atoms with Crippen molar-refractivity contribution >= 4 is 44.9 Å². The zero-order chi connectivity index (χ0) is 22.5. The number of benzene rings is 2. The first-order valence-corrected chi connectivity index (χ1v) is 11.5. The van der Waals surface area contributed by atoms with Gasteiger partial charge >= 0.3 is 5.97 Å². The SMILES string of the molecule is CCOC(=O)c1ccc(-c2ccc(C=C(C#N)c3nc(-c4ccc(Br)cc4)cs3)o2)cc1. The minimum atomic E-state index is -0.355. The van der Waals surface area contributed by atoms with E-state index in [0.29, 0.717) is 34.3 Å². The molecule has 4 aromatic rings. The molecule has 0 fully saturated rings. The number of halogens is 1. The number of nitriles is 1. The third kappa shape index (κ3) is 4.88. The fourth-order valence-corrected chi connectivity index (χ4v) is 4.06. The first-order valence-electron chi connectivity index (χ1n) is 9.78. The fourth-order valence-electron chi connectivity index (χ4n) is 3.01. The molecule has 2 aromatic heterocycles. The second-order valence-corrected chi connectivity index (χ2v) is 8.49. The second-order valence-electron chi connectivity index (χ2n) is 6.71. The van der Waals surface area contributed by atoms with E-state index in [-0.39, 0.29) is 5.97 Å². The van der Waals surface area contributed by atoms with Crippen LogP contribution in [0.2, 0.25) is 0 Å². The number of hydrogen-bond acceptors (Lipinski definition) is 6. The Kier molecular flexibility index (Phi) is 6.64. The van der Waals surface area contributed by atoms with Crippen LogP contribution in [0.3, 0.4) is 0 Å². The number of allylic oxidation sites excluding steroid dienone is 1. The molecule has 0 bridgehead atoms. The van der Waals surface area contributed by atoms with Crippen molar-refractivity contribution in [3.63, 3.8) is 0 Å². The van der Waals surface area contributed by atoms with Crippen LogP contribution in [0.25, 0.3) is 34.2 Å². The van der Waals surface area contributed by atoms with E-state index in [2.05, 4.69) is 27.0 Å². The number of furan rings is 1. The number of thiazole rings is 1. The topological polar surface area (TPSA) is 76.1 Å². The summed E-state index contributed by atoms with van der Waals surface area (Å²) in [7, 11) is 0. The molecule has 0 aliphatic carbocycles. The average Bonchev–Trinajstić information content (AvgIpc) is 3.48. The van der Waals surface area contributed by atoms with Crippen LogP contribution in [-0.4, -0.2) is 17.6 Å². The summed E-state index contributed by atoms with van der Waals surface area (Å²) in [6.45, 7) is 2.10. The second kappa shape index (κ2) is 9.77. The van der Waals surface area contributed by atoms with Gasteiger partial charge in [-0.25, -0.2) is 9.78 Å². The Bertz CT molecular complexity index is 1310. The number of esters is 1. The lowest BCUT2D eigenvalue weighted by Crippen LogP contribution is -2.03. The van der Waals surface area contributed by atoms with Gasteiger partial charge in [-0.05, 0) is 43.3 Å². The van der Waals surface area contributed by atoms with Crippen molar-refractivity contribution in [2.75, 3.05) is 6.61 Å². The fraction of sp³-hybridized carbons (Fsp3) is 0.0800. The van der Waals surface area contributed by atoms with Crippen LogP contribution in [-0.2, 0) is 4.74 Å². The lowest BCUT2D eigenvalue weighted by atomic mass is 10.1. The normalized spacial score (nSPS) is 11.2. The molecule has 32 heavy (non-hydrogen) atoms. The summed E-state index contributed by atoms with van der Waals surface area (Å²) in [6, 6.07) is 20.7. The molecule has 0 N–H and O–H groups in total. The van der Waals surface area contributed by atoms with Gasteiger partial charge in [0.15, 0.2) is 0 Å². The minimum absolute atomic E-state index is 0.333. The molecule has 0 spiro atoms. The highest BCUT2D eigenvalue weighted by Crippen LogP contribution is 2.29. The van der Waals surface area contributed by atoms with Crippen LogP contribution in [0, 0.1) is 11.3 Å². The molecule has 0 aliphatic heterocycles. The van der Waals surface area contributed by atoms with Crippen molar-refractivity contribution in [1.29, 1.82) is 5.26 Å². The number of rotatable bonds is 6. The maximum Gasteiger partial charge on any atom is 0.338 e. The highest BCUT2D eigenvalue weighted by molar-refractivity contribution is 9.10. The third-order valence-electron chi connectivity index (χ3n) is 4.59. The standard InChI is InChI=1S/C25H17BrN2O3S/c1-2-30-25(29)18-5-3-17(4-6-18)23-12-11-21(31-23)13-19(14-27)24-28-22(15-32-24)16-7-9-20(26)10-8-16/h3-13,15H,2H2,1H3. The summed E-state index contributed by atoms with van der Waals surface area (Å²) in [5.74, 6) is 0.830. The molecule has 2 heterocycles. The van der Waals surface area contributed by atoms with Gasteiger partial charge in [0.05, 0.1) is 23.4 Å². The summed E-state index contributed by atoms with van der Waals surface area (Å²) in [6.07, 6.45) is 1.68. The average molecular weight is 505 g/mol. The van der Waals surface area contributed by atoms with Crippen LogP contribution in [0.15, 0.2) is 74.9 Å². The maximum atomic E-state index is 11.8. The lowest BCUT2D eigenvalue weighted by Gasteiger charge is -2.02. The first kappa shape index (κ1) is 21.8. The van der Waals surface area contributed by atoms with Gasteiger partial charge in [-0.1, -0.05) is 40.2 Å². The Morgan fingerprint density at radius 1 is 1.12 bits per heavy atom. The molecule has 0 radical (unpaired) electrons. The van der Waals surface area contributed by atoms with Crippen LogP contribution >= 0.6 is 27.3 Å². The zero-order valence-electron chi connectivity index (χ0n) is 17.0. The molecule has 158 valence electrons. The largest absolute Gasteiger partial charge is 0.462 e. The number of ether oxygens (including phenoxy) is 1. The van der Waals surface area contributed by atoms with E-state index in [0.717, 1.165) is 21.3 Å². The maximum absolute atomic E-state index is 11.8. The molecule has 5 nitrogen and oxygen atoms in total. The predicted octanol–water partition coefficient (Wildman–Crippen LogP) is 7.07. The number of carbonyl (C=O) groups excluding carboxylic acids is 1. The van der Waals surface area contributed by atoms with E-state index in [4.69, 9.17) is 9.15 Å². The quantitative estimate of drug-likeness (QED) is 0.207. The van der Waals surface area contributed by atoms with E-state index in [1.807, 2.05) is 35.7 Å². The highest BCUT2D eigenvalue weighted by atomic mass is 79.9. The summed E-state index contributed by atoms with van der Waals surface area (Å²) in [5, 5.41) is 12.2. The van der Waals surface area contributed by atoms with Crippen molar-refractivity contribution in [2.24, 2.45) is 0 Å². The van der Waals surface area contributed by atoms with Gasteiger partial charge in [0.25, 0.3) is 0 Å². The van der Waals surface area contributed by atoms with Crippen molar-refractivity contribution in [3.8, 4) is 28.7 Å². The Hall–Kier alpha value is -3.47. The Morgan fingerprint density at radius 2 is 1.84 bits per heavy atom. The molecule has 0 aliphatic rings. The van der Waals surface area contributed by atoms with E-state index < -0.39 is 0 Å². The number of hydrogen-bond donors (Lipinski definition) is 0. The van der Waals surface area contributed by atoms with Gasteiger partial charge in [-0.2, -0.15) is 5.26 Å². The van der Waals surface area contributed by atoms with Crippen LogP contribution in [0.1, 0.15) is 28.0 Å². The predicted molar refractivity (Wildman–Crippen MR) is 129 cm³/mol. The molecule has 0 saturated heterocycles. The molecular formula is C25H17BrN2O3S. The van der Waals surface area contributed by atoms with Gasteiger partial charge in [0, 0.05) is 27.1 Å². The molecular weight excluding hydrogens is 488 g/mol. The molecule has 7 heteroatoms. The Labute approximate surface area is 197 Å². The van der Waals surface area contributed by atoms with Gasteiger partial charge in [-0.15, -0.1) is 11.3 Å².